The average Bonchev–Trinajstić information content (AvgIpc) is 2.94. The maximum atomic E-state index is 13.0. The molecule has 2 aromatic heterocycles. The van der Waals surface area contributed by atoms with Gasteiger partial charge in [-0.05, 0) is 12.1 Å². The van der Waals surface area contributed by atoms with Crippen LogP contribution in [0.2, 0.25) is 0 Å². The van der Waals surface area contributed by atoms with Gasteiger partial charge < -0.3 is 13.9 Å². The molecule has 0 atom stereocenters. The van der Waals surface area contributed by atoms with E-state index >= 15 is 0 Å². The molecule has 7 nitrogen and oxygen atoms in total. The van der Waals surface area contributed by atoms with Crippen LogP contribution in [0.1, 0.15) is 5.56 Å². The van der Waals surface area contributed by atoms with Crippen LogP contribution in [0.5, 0.6) is 11.8 Å². The molecule has 0 saturated carbocycles. The van der Waals surface area contributed by atoms with E-state index in [2.05, 4.69) is 19.4 Å². The topological polar surface area (TPSA) is 91.5 Å². The Bertz CT molecular complexity index is 804. The number of rotatable bonds is 4. The zero-order chi connectivity index (χ0) is 17.4. The van der Waals surface area contributed by atoms with E-state index in [9.17, 15) is 21.6 Å². The number of alkyl halides is 3. The van der Waals surface area contributed by atoms with Crippen molar-refractivity contribution in [3.8, 4) is 23.3 Å². The summed E-state index contributed by atoms with van der Waals surface area (Å²) in [7, 11) is -1.61. The molecule has 0 bridgehead atoms. The Morgan fingerprint density at radius 3 is 1.96 bits per heavy atom. The number of aromatic nitrogens is 2. The van der Waals surface area contributed by atoms with E-state index < -0.39 is 33.3 Å². The Hall–Kier alpha value is -2.30. The lowest BCUT2D eigenvalue weighted by atomic mass is 10.3. The summed E-state index contributed by atoms with van der Waals surface area (Å²) < 4.78 is 76.2. The molecule has 2 heterocycles. The van der Waals surface area contributed by atoms with E-state index in [1.54, 1.807) is 0 Å². The SMILES string of the molecule is COc1nc(-c2ccc(S(C)(=O)=O)o2)nc(OC)c1C(F)(F)F. The number of methoxy groups -OCH3 is 2. The molecule has 11 heteroatoms. The molecule has 126 valence electrons. The summed E-state index contributed by atoms with van der Waals surface area (Å²) in [6.45, 7) is 0. The van der Waals surface area contributed by atoms with Crippen molar-refractivity contribution in [2.45, 2.75) is 11.3 Å². The Labute approximate surface area is 129 Å². The van der Waals surface area contributed by atoms with Gasteiger partial charge in [0, 0.05) is 6.26 Å². The molecule has 0 N–H and O–H groups in total. The highest BCUT2D eigenvalue weighted by Crippen LogP contribution is 2.41. The standard InChI is InChI=1S/C12H11F3N2O5S/c1-20-10-8(12(13,14)15)11(21-2)17-9(16-10)6-4-5-7(22-6)23(3,18)19/h4-5H,1-3H3. The highest BCUT2D eigenvalue weighted by Gasteiger charge is 2.41. The first kappa shape index (κ1) is 17.1. The van der Waals surface area contributed by atoms with Crippen molar-refractivity contribution < 1.29 is 35.5 Å². The van der Waals surface area contributed by atoms with E-state index in [4.69, 9.17) is 4.42 Å². The molecule has 0 fully saturated rings. The molecular formula is C12H11F3N2O5S. The highest BCUT2D eigenvalue weighted by atomic mass is 32.2. The summed E-state index contributed by atoms with van der Waals surface area (Å²) >= 11 is 0. The van der Waals surface area contributed by atoms with Crippen LogP contribution in [0, 0.1) is 0 Å². The number of hydrogen-bond acceptors (Lipinski definition) is 7. The molecule has 0 aliphatic rings. The summed E-state index contributed by atoms with van der Waals surface area (Å²) in [6, 6.07) is 2.36. The normalized spacial score (nSPS) is 12.3. The van der Waals surface area contributed by atoms with Crippen LogP contribution in [-0.4, -0.2) is 38.9 Å². The zero-order valence-electron chi connectivity index (χ0n) is 12.1. The van der Waals surface area contributed by atoms with Crippen molar-refractivity contribution in [1.29, 1.82) is 0 Å². The minimum atomic E-state index is -4.80. The first-order chi connectivity index (χ1) is 10.6. The third-order valence-corrected chi connectivity index (χ3v) is 3.63. The minimum Gasteiger partial charge on any atom is -0.480 e. The molecule has 2 aromatic rings. The third-order valence-electron chi connectivity index (χ3n) is 2.68. The van der Waals surface area contributed by atoms with Crippen molar-refractivity contribution >= 4 is 9.84 Å². The van der Waals surface area contributed by atoms with Crippen LogP contribution in [0.4, 0.5) is 13.2 Å². The Morgan fingerprint density at radius 1 is 1.09 bits per heavy atom. The van der Waals surface area contributed by atoms with Crippen LogP contribution in [0.25, 0.3) is 11.6 Å². The smallest absolute Gasteiger partial charge is 0.426 e. The van der Waals surface area contributed by atoms with Gasteiger partial charge in [-0.2, -0.15) is 23.1 Å². The van der Waals surface area contributed by atoms with Gasteiger partial charge in [-0.25, -0.2) is 8.42 Å². The van der Waals surface area contributed by atoms with Crippen LogP contribution in [0.15, 0.2) is 21.6 Å². The zero-order valence-corrected chi connectivity index (χ0v) is 12.9. The van der Waals surface area contributed by atoms with Crippen LogP contribution >= 0.6 is 0 Å². The summed E-state index contributed by atoms with van der Waals surface area (Å²) in [5, 5.41) is -0.367. The summed E-state index contributed by atoms with van der Waals surface area (Å²) in [5.74, 6) is -1.98. The van der Waals surface area contributed by atoms with Crippen molar-refractivity contribution in [3.05, 3.63) is 17.7 Å². The second kappa shape index (κ2) is 5.72. The molecule has 0 amide bonds. The number of nitrogens with zero attached hydrogens (tertiary/aromatic N) is 2. The van der Waals surface area contributed by atoms with Crippen molar-refractivity contribution in [2.75, 3.05) is 20.5 Å². The Morgan fingerprint density at radius 2 is 1.61 bits per heavy atom. The van der Waals surface area contributed by atoms with Gasteiger partial charge in [-0.3, -0.25) is 0 Å². The monoisotopic (exact) mass is 352 g/mol. The Kier molecular flexibility index (Phi) is 4.24. The van der Waals surface area contributed by atoms with E-state index in [0.717, 1.165) is 26.5 Å². The lowest BCUT2D eigenvalue weighted by Gasteiger charge is -2.14. The lowest BCUT2D eigenvalue weighted by Crippen LogP contribution is -2.13. The molecule has 0 aromatic carbocycles. The van der Waals surface area contributed by atoms with Gasteiger partial charge in [0.1, 0.15) is 0 Å². The largest absolute Gasteiger partial charge is 0.480 e. The Balaban J connectivity index is 2.64. The van der Waals surface area contributed by atoms with Crippen molar-refractivity contribution in [2.24, 2.45) is 0 Å². The van der Waals surface area contributed by atoms with E-state index in [-0.39, 0.29) is 16.7 Å². The first-order valence-corrected chi connectivity index (χ1v) is 7.84. The van der Waals surface area contributed by atoms with E-state index in [1.165, 1.54) is 6.07 Å². The second-order valence-corrected chi connectivity index (χ2v) is 6.28. The molecule has 0 unspecified atom stereocenters. The number of sulfone groups is 1. The average molecular weight is 352 g/mol. The van der Waals surface area contributed by atoms with Gasteiger partial charge in [-0.15, -0.1) is 0 Å². The maximum Gasteiger partial charge on any atom is 0.426 e. The summed E-state index contributed by atoms with van der Waals surface area (Å²) in [4.78, 5) is 7.22. The predicted octanol–water partition coefficient (Wildman–Crippen LogP) is 2.18. The molecule has 0 spiro atoms. The third kappa shape index (κ3) is 3.38. The van der Waals surface area contributed by atoms with Gasteiger partial charge in [0.15, 0.2) is 11.3 Å². The lowest BCUT2D eigenvalue weighted by molar-refractivity contribution is -0.140. The van der Waals surface area contributed by atoms with Gasteiger partial charge in [0.2, 0.25) is 32.5 Å². The van der Waals surface area contributed by atoms with Crippen LogP contribution < -0.4 is 9.47 Å². The fraction of sp³-hybridized carbons (Fsp3) is 0.333. The number of hydrogen-bond donors (Lipinski definition) is 0. The molecule has 0 aliphatic carbocycles. The van der Waals surface area contributed by atoms with Gasteiger partial charge in [0.25, 0.3) is 0 Å². The van der Waals surface area contributed by atoms with Gasteiger partial charge in [-0.1, -0.05) is 0 Å². The molecule has 2 rings (SSSR count). The highest BCUT2D eigenvalue weighted by molar-refractivity contribution is 7.90. The maximum absolute atomic E-state index is 13.0. The molecular weight excluding hydrogens is 341 g/mol. The minimum absolute atomic E-state index is 0.143. The molecule has 0 radical (unpaired) electrons. The predicted molar refractivity (Wildman–Crippen MR) is 70.9 cm³/mol. The quantitative estimate of drug-likeness (QED) is 0.833. The summed E-state index contributed by atoms with van der Waals surface area (Å²) in [6.07, 6.45) is -3.87. The molecule has 0 saturated heterocycles. The van der Waals surface area contributed by atoms with Crippen LogP contribution in [-0.2, 0) is 16.0 Å². The van der Waals surface area contributed by atoms with E-state index in [1.807, 2.05) is 0 Å². The second-order valence-electron chi connectivity index (χ2n) is 4.33. The van der Waals surface area contributed by atoms with Crippen molar-refractivity contribution in [1.82, 2.24) is 9.97 Å². The summed E-state index contributed by atoms with van der Waals surface area (Å²) in [5.41, 5.74) is -1.28. The number of halogens is 3. The van der Waals surface area contributed by atoms with E-state index in [0.29, 0.717) is 0 Å². The molecule has 0 aliphatic heterocycles. The van der Waals surface area contributed by atoms with Crippen LogP contribution in [0.3, 0.4) is 0 Å². The fourth-order valence-corrected chi connectivity index (χ4v) is 2.26. The molecule has 23 heavy (non-hydrogen) atoms. The fourth-order valence-electron chi connectivity index (χ4n) is 1.71. The van der Waals surface area contributed by atoms with Gasteiger partial charge in [0.05, 0.1) is 14.2 Å². The number of furan rings is 1. The first-order valence-electron chi connectivity index (χ1n) is 5.95. The van der Waals surface area contributed by atoms with Crippen molar-refractivity contribution in [3.63, 3.8) is 0 Å². The number of ether oxygens (including phenoxy) is 2. The van der Waals surface area contributed by atoms with Gasteiger partial charge >= 0.3 is 6.18 Å².